The summed E-state index contributed by atoms with van der Waals surface area (Å²) < 4.78 is 0. The lowest BCUT2D eigenvalue weighted by Crippen LogP contribution is -2.49. The Kier molecular flexibility index (Phi) is 5.48. The Morgan fingerprint density at radius 3 is 2.05 bits per heavy atom. The van der Waals surface area contributed by atoms with Gasteiger partial charge < -0.3 is 10.6 Å². The number of rotatable bonds is 3. The Bertz CT molecular complexity index is 272. The maximum Gasteiger partial charge on any atom is 0.0136 e. The van der Waals surface area contributed by atoms with Crippen LogP contribution < -0.4 is 5.73 Å². The van der Waals surface area contributed by atoms with Gasteiger partial charge in [-0.3, -0.25) is 0 Å². The predicted molar refractivity (Wildman–Crippen MR) is 85.2 cm³/mol. The molecule has 2 N–H and O–H groups in total. The van der Waals surface area contributed by atoms with Crippen LogP contribution in [0.3, 0.4) is 0 Å². The molecular weight excluding hydrogens is 232 g/mol. The zero-order valence-electron chi connectivity index (χ0n) is 14.3. The third kappa shape index (κ3) is 5.07. The van der Waals surface area contributed by atoms with Crippen molar-refractivity contribution in [2.75, 3.05) is 20.1 Å². The fourth-order valence-corrected chi connectivity index (χ4v) is 3.68. The monoisotopic (exact) mass is 268 g/mol. The van der Waals surface area contributed by atoms with Crippen LogP contribution in [0.2, 0.25) is 0 Å². The standard InChI is InChI=1S/C17H36N2/c1-16(2,3)12-19(7)15-10-14(17(4,5)6)9-8-13(15)11-18/h13-15H,8-12,18H2,1-7H3. The number of nitrogens with zero attached hydrogens (tertiary/aromatic N) is 1. The van der Waals surface area contributed by atoms with E-state index in [0.29, 0.717) is 22.8 Å². The van der Waals surface area contributed by atoms with Crippen LogP contribution in [-0.4, -0.2) is 31.1 Å². The Morgan fingerprint density at radius 2 is 1.63 bits per heavy atom. The van der Waals surface area contributed by atoms with Crippen molar-refractivity contribution in [3.63, 3.8) is 0 Å². The SMILES string of the molecule is CN(CC(C)(C)C)C1CC(C(C)(C)C)CCC1CN. The lowest BCUT2D eigenvalue weighted by molar-refractivity contribution is 0.0435. The molecule has 2 heteroatoms. The highest BCUT2D eigenvalue weighted by Crippen LogP contribution is 2.41. The molecule has 1 rings (SSSR count). The average molecular weight is 268 g/mol. The van der Waals surface area contributed by atoms with Crippen LogP contribution in [0.4, 0.5) is 0 Å². The van der Waals surface area contributed by atoms with Gasteiger partial charge in [0.15, 0.2) is 0 Å². The summed E-state index contributed by atoms with van der Waals surface area (Å²) in [6.07, 6.45) is 3.97. The first-order chi connectivity index (χ1) is 8.54. The third-order valence-corrected chi connectivity index (χ3v) is 4.77. The van der Waals surface area contributed by atoms with E-state index in [4.69, 9.17) is 5.73 Å². The van der Waals surface area contributed by atoms with Crippen molar-refractivity contribution in [3.05, 3.63) is 0 Å². The molecule has 0 aliphatic heterocycles. The molecule has 0 aromatic heterocycles. The molecule has 0 heterocycles. The van der Waals surface area contributed by atoms with E-state index in [1.165, 1.54) is 19.3 Å². The maximum atomic E-state index is 6.02. The average Bonchev–Trinajstić information content (AvgIpc) is 2.24. The molecule has 0 radical (unpaired) electrons. The lowest BCUT2D eigenvalue weighted by atomic mass is 9.67. The summed E-state index contributed by atoms with van der Waals surface area (Å²) in [6.45, 7) is 16.1. The molecule has 0 aromatic rings. The molecule has 0 spiro atoms. The number of nitrogens with two attached hydrogens (primary N) is 1. The van der Waals surface area contributed by atoms with E-state index in [1.807, 2.05) is 0 Å². The van der Waals surface area contributed by atoms with Crippen molar-refractivity contribution in [3.8, 4) is 0 Å². The molecule has 0 amide bonds. The molecule has 0 saturated heterocycles. The first-order valence-corrected chi connectivity index (χ1v) is 7.95. The van der Waals surface area contributed by atoms with Crippen molar-refractivity contribution in [1.82, 2.24) is 4.90 Å². The normalized spacial score (nSPS) is 29.8. The molecule has 1 saturated carbocycles. The molecule has 3 unspecified atom stereocenters. The highest BCUT2D eigenvalue weighted by Gasteiger charge is 2.37. The van der Waals surface area contributed by atoms with E-state index in [9.17, 15) is 0 Å². The summed E-state index contributed by atoms with van der Waals surface area (Å²) in [7, 11) is 2.30. The molecule has 1 aliphatic carbocycles. The Morgan fingerprint density at radius 1 is 1.05 bits per heavy atom. The summed E-state index contributed by atoms with van der Waals surface area (Å²) in [5.74, 6) is 1.52. The van der Waals surface area contributed by atoms with Crippen molar-refractivity contribution >= 4 is 0 Å². The van der Waals surface area contributed by atoms with Crippen molar-refractivity contribution < 1.29 is 0 Å². The number of hydrogen-bond donors (Lipinski definition) is 1. The van der Waals surface area contributed by atoms with Crippen molar-refractivity contribution in [1.29, 1.82) is 0 Å². The van der Waals surface area contributed by atoms with Crippen LogP contribution in [0.25, 0.3) is 0 Å². The molecule has 3 atom stereocenters. The quantitative estimate of drug-likeness (QED) is 0.844. The lowest BCUT2D eigenvalue weighted by Gasteiger charge is -2.46. The van der Waals surface area contributed by atoms with Gasteiger partial charge in [-0.25, -0.2) is 0 Å². The fraction of sp³-hybridized carbons (Fsp3) is 1.00. The topological polar surface area (TPSA) is 29.3 Å². The van der Waals surface area contributed by atoms with Gasteiger partial charge in [-0.05, 0) is 55.5 Å². The second-order valence-corrected chi connectivity index (χ2v) is 8.91. The summed E-state index contributed by atoms with van der Waals surface area (Å²) in [5.41, 5.74) is 6.82. The van der Waals surface area contributed by atoms with Gasteiger partial charge in [0, 0.05) is 12.6 Å². The second-order valence-electron chi connectivity index (χ2n) is 8.91. The van der Waals surface area contributed by atoms with E-state index in [2.05, 4.69) is 53.5 Å². The van der Waals surface area contributed by atoms with Crippen LogP contribution >= 0.6 is 0 Å². The summed E-state index contributed by atoms with van der Waals surface area (Å²) in [4.78, 5) is 2.58. The zero-order chi connectivity index (χ0) is 14.8. The molecular formula is C17H36N2. The zero-order valence-corrected chi connectivity index (χ0v) is 14.3. The van der Waals surface area contributed by atoms with Crippen molar-refractivity contribution in [2.24, 2.45) is 28.4 Å². The Labute approximate surface area is 121 Å². The Hall–Kier alpha value is -0.0800. The first kappa shape index (κ1) is 17.0. The number of hydrogen-bond acceptors (Lipinski definition) is 2. The third-order valence-electron chi connectivity index (χ3n) is 4.77. The van der Waals surface area contributed by atoms with E-state index in [1.54, 1.807) is 0 Å². The highest BCUT2D eigenvalue weighted by atomic mass is 15.1. The maximum absolute atomic E-state index is 6.02. The van der Waals surface area contributed by atoms with Gasteiger partial charge in [0.2, 0.25) is 0 Å². The van der Waals surface area contributed by atoms with Gasteiger partial charge in [-0.15, -0.1) is 0 Å². The van der Waals surface area contributed by atoms with E-state index in [0.717, 1.165) is 19.0 Å². The van der Waals surface area contributed by atoms with Gasteiger partial charge in [0.1, 0.15) is 0 Å². The smallest absolute Gasteiger partial charge is 0.0136 e. The highest BCUT2D eigenvalue weighted by molar-refractivity contribution is 4.91. The van der Waals surface area contributed by atoms with Crippen LogP contribution in [-0.2, 0) is 0 Å². The molecule has 114 valence electrons. The minimum absolute atomic E-state index is 0.364. The van der Waals surface area contributed by atoms with E-state index < -0.39 is 0 Å². The molecule has 1 aliphatic rings. The summed E-state index contributed by atoms with van der Waals surface area (Å²) >= 11 is 0. The molecule has 0 bridgehead atoms. The van der Waals surface area contributed by atoms with E-state index in [-0.39, 0.29) is 0 Å². The van der Waals surface area contributed by atoms with Gasteiger partial charge in [-0.2, -0.15) is 0 Å². The van der Waals surface area contributed by atoms with Crippen molar-refractivity contribution in [2.45, 2.75) is 66.8 Å². The van der Waals surface area contributed by atoms with E-state index >= 15 is 0 Å². The molecule has 2 nitrogen and oxygen atoms in total. The predicted octanol–water partition coefficient (Wildman–Crippen LogP) is 3.75. The first-order valence-electron chi connectivity index (χ1n) is 7.95. The van der Waals surface area contributed by atoms with Crippen LogP contribution in [0.1, 0.15) is 60.8 Å². The van der Waals surface area contributed by atoms with Crippen LogP contribution in [0.15, 0.2) is 0 Å². The summed E-state index contributed by atoms with van der Waals surface area (Å²) in [6, 6.07) is 0.669. The second kappa shape index (κ2) is 6.13. The largest absolute Gasteiger partial charge is 0.330 e. The molecule has 19 heavy (non-hydrogen) atoms. The van der Waals surface area contributed by atoms with Crippen LogP contribution in [0, 0.1) is 22.7 Å². The van der Waals surface area contributed by atoms with Gasteiger partial charge in [-0.1, -0.05) is 41.5 Å². The van der Waals surface area contributed by atoms with Gasteiger partial charge in [0.25, 0.3) is 0 Å². The minimum atomic E-state index is 0.364. The summed E-state index contributed by atoms with van der Waals surface area (Å²) in [5, 5.41) is 0. The van der Waals surface area contributed by atoms with Crippen LogP contribution in [0.5, 0.6) is 0 Å². The molecule has 1 fully saturated rings. The van der Waals surface area contributed by atoms with Gasteiger partial charge in [0.05, 0.1) is 0 Å². The minimum Gasteiger partial charge on any atom is -0.330 e. The molecule has 0 aromatic carbocycles. The fourth-order valence-electron chi connectivity index (χ4n) is 3.68. The van der Waals surface area contributed by atoms with Gasteiger partial charge >= 0.3 is 0 Å². The Balaban J connectivity index is 2.75.